The molecule has 0 aromatic rings. The largest absolute Gasteiger partial charge is 0.545 e. The van der Waals surface area contributed by atoms with Crippen molar-refractivity contribution in [1.82, 2.24) is 0 Å². The Morgan fingerprint density at radius 1 is 1.50 bits per heavy atom. The standard InChI is InChI=1S/C19H29BrO2/c1-13(6-4-7-14(2)18(21)22)16-9-10-17-15(12-20)8-5-11-19(16,17)3/h7,12-13,16-17H,4-6,8-11H2,1-3H3,(H,21,22)/p-1/b14-7-,15-12+/t13-,16-,17?,19-/m1/s1. The van der Waals surface area contributed by atoms with Gasteiger partial charge in [-0.3, -0.25) is 0 Å². The molecule has 2 rings (SSSR count). The summed E-state index contributed by atoms with van der Waals surface area (Å²) < 4.78 is 0. The molecule has 2 saturated carbocycles. The van der Waals surface area contributed by atoms with E-state index < -0.39 is 5.97 Å². The number of hydrogen-bond acceptors (Lipinski definition) is 2. The summed E-state index contributed by atoms with van der Waals surface area (Å²) in [4.78, 5) is 12.9. The van der Waals surface area contributed by atoms with Gasteiger partial charge in [-0.15, -0.1) is 0 Å². The molecule has 124 valence electrons. The number of aliphatic carboxylic acids is 1. The van der Waals surface area contributed by atoms with Gasteiger partial charge in [-0.05, 0) is 85.6 Å². The van der Waals surface area contributed by atoms with Crippen molar-refractivity contribution in [1.29, 1.82) is 0 Å². The number of hydrogen-bond donors (Lipinski definition) is 0. The first-order valence-electron chi connectivity index (χ1n) is 8.57. The second-order valence-corrected chi connectivity index (χ2v) is 7.97. The maximum absolute atomic E-state index is 10.7. The quantitative estimate of drug-likeness (QED) is 0.666. The number of allylic oxidation sites excluding steroid dienone is 2. The molecule has 0 aromatic heterocycles. The van der Waals surface area contributed by atoms with Crippen molar-refractivity contribution < 1.29 is 9.90 Å². The smallest absolute Gasteiger partial charge is 0.0668 e. The summed E-state index contributed by atoms with van der Waals surface area (Å²) in [6, 6.07) is 0. The number of fused-ring (bicyclic) bond motifs is 1. The van der Waals surface area contributed by atoms with E-state index in [9.17, 15) is 9.90 Å². The van der Waals surface area contributed by atoms with E-state index >= 15 is 0 Å². The zero-order valence-corrected chi connectivity index (χ0v) is 15.6. The van der Waals surface area contributed by atoms with Crippen LogP contribution in [0.4, 0.5) is 0 Å². The van der Waals surface area contributed by atoms with Crippen molar-refractivity contribution in [2.24, 2.45) is 23.2 Å². The number of rotatable bonds is 5. The van der Waals surface area contributed by atoms with E-state index in [0.717, 1.165) is 24.7 Å². The number of carboxylic acid groups (broad SMARTS) is 1. The van der Waals surface area contributed by atoms with Crippen LogP contribution in [0, 0.1) is 23.2 Å². The Balaban J connectivity index is 2.00. The van der Waals surface area contributed by atoms with E-state index in [4.69, 9.17) is 0 Å². The molecule has 2 nitrogen and oxygen atoms in total. The van der Waals surface area contributed by atoms with Crippen LogP contribution in [0.2, 0.25) is 0 Å². The molecule has 0 aliphatic heterocycles. The van der Waals surface area contributed by atoms with Crippen LogP contribution in [0.15, 0.2) is 22.2 Å². The molecule has 3 heteroatoms. The third-order valence-electron chi connectivity index (χ3n) is 6.26. The van der Waals surface area contributed by atoms with Gasteiger partial charge in [-0.1, -0.05) is 41.4 Å². The molecular formula is C19H28BrO2-. The molecule has 0 amide bonds. The van der Waals surface area contributed by atoms with Gasteiger partial charge in [0, 0.05) is 0 Å². The van der Waals surface area contributed by atoms with Crippen molar-refractivity contribution >= 4 is 21.9 Å². The Hall–Kier alpha value is -0.570. The summed E-state index contributed by atoms with van der Waals surface area (Å²) >= 11 is 3.57. The Bertz CT molecular complexity index is 480. The van der Waals surface area contributed by atoms with Crippen LogP contribution in [-0.2, 0) is 4.79 Å². The molecule has 0 spiro atoms. The van der Waals surface area contributed by atoms with Crippen LogP contribution in [-0.4, -0.2) is 5.97 Å². The Kier molecular flexibility index (Phi) is 5.93. The van der Waals surface area contributed by atoms with Gasteiger partial charge in [0.2, 0.25) is 0 Å². The summed E-state index contributed by atoms with van der Waals surface area (Å²) in [5, 5.41) is 10.7. The first-order valence-corrected chi connectivity index (χ1v) is 9.49. The van der Waals surface area contributed by atoms with E-state index in [2.05, 4.69) is 34.8 Å². The van der Waals surface area contributed by atoms with E-state index in [-0.39, 0.29) is 0 Å². The van der Waals surface area contributed by atoms with Crippen molar-refractivity contribution in [3.8, 4) is 0 Å². The minimum Gasteiger partial charge on any atom is -0.545 e. The topological polar surface area (TPSA) is 40.1 Å². The van der Waals surface area contributed by atoms with E-state index in [1.54, 1.807) is 12.5 Å². The van der Waals surface area contributed by atoms with Crippen LogP contribution >= 0.6 is 15.9 Å². The lowest BCUT2D eigenvalue weighted by molar-refractivity contribution is -0.299. The molecule has 2 aliphatic carbocycles. The monoisotopic (exact) mass is 367 g/mol. The van der Waals surface area contributed by atoms with Crippen LogP contribution in [0.3, 0.4) is 0 Å². The van der Waals surface area contributed by atoms with Gasteiger partial charge < -0.3 is 9.90 Å². The van der Waals surface area contributed by atoms with Crippen LogP contribution in [0.5, 0.6) is 0 Å². The van der Waals surface area contributed by atoms with Crippen LogP contribution < -0.4 is 5.11 Å². The van der Waals surface area contributed by atoms with E-state index in [0.29, 0.717) is 16.9 Å². The second-order valence-electron chi connectivity index (χ2n) is 7.51. The molecule has 2 aliphatic rings. The first-order chi connectivity index (χ1) is 10.4. The average Bonchev–Trinajstić information content (AvgIpc) is 2.83. The lowest BCUT2D eigenvalue weighted by Crippen LogP contribution is -2.35. The third-order valence-corrected chi connectivity index (χ3v) is 6.85. The van der Waals surface area contributed by atoms with Gasteiger partial charge in [-0.25, -0.2) is 0 Å². The summed E-state index contributed by atoms with van der Waals surface area (Å²) in [6.45, 7) is 6.47. The van der Waals surface area contributed by atoms with Gasteiger partial charge in [-0.2, -0.15) is 0 Å². The molecule has 4 atom stereocenters. The predicted octanol–water partition coefficient (Wildman–Crippen LogP) is 4.59. The van der Waals surface area contributed by atoms with Gasteiger partial charge in [0.1, 0.15) is 0 Å². The van der Waals surface area contributed by atoms with E-state index in [1.165, 1.54) is 32.1 Å². The van der Waals surface area contributed by atoms with Crippen molar-refractivity contribution in [2.75, 3.05) is 0 Å². The molecule has 22 heavy (non-hydrogen) atoms. The van der Waals surface area contributed by atoms with Crippen molar-refractivity contribution in [3.05, 3.63) is 22.2 Å². The molecule has 0 saturated heterocycles. The maximum Gasteiger partial charge on any atom is 0.0668 e. The summed E-state index contributed by atoms with van der Waals surface area (Å²) in [7, 11) is 0. The van der Waals surface area contributed by atoms with Crippen molar-refractivity contribution in [3.63, 3.8) is 0 Å². The second kappa shape index (κ2) is 7.33. The fourth-order valence-corrected chi connectivity index (χ4v) is 5.54. The fraction of sp³-hybridized carbons (Fsp3) is 0.737. The number of carboxylic acids is 1. The Morgan fingerprint density at radius 3 is 2.86 bits per heavy atom. The van der Waals surface area contributed by atoms with Crippen LogP contribution in [0.25, 0.3) is 0 Å². The summed E-state index contributed by atoms with van der Waals surface area (Å²) in [6.07, 6.45) is 10.3. The first kappa shape index (κ1) is 17.8. The Morgan fingerprint density at radius 2 is 2.23 bits per heavy atom. The molecule has 0 bridgehead atoms. The molecule has 1 unspecified atom stereocenters. The molecular weight excluding hydrogens is 340 g/mol. The number of carbonyl (C=O) groups is 1. The van der Waals surface area contributed by atoms with Gasteiger partial charge in [0.15, 0.2) is 0 Å². The number of carbonyl (C=O) groups excluding carboxylic acids is 1. The zero-order valence-electron chi connectivity index (χ0n) is 14.0. The van der Waals surface area contributed by atoms with Gasteiger partial charge >= 0.3 is 0 Å². The highest BCUT2D eigenvalue weighted by atomic mass is 79.9. The summed E-state index contributed by atoms with van der Waals surface area (Å²) in [5.74, 6) is 1.11. The maximum atomic E-state index is 10.7. The minimum atomic E-state index is -1.04. The summed E-state index contributed by atoms with van der Waals surface area (Å²) in [5.41, 5.74) is 2.41. The lowest BCUT2D eigenvalue weighted by Gasteiger charge is -2.44. The average molecular weight is 368 g/mol. The minimum absolute atomic E-state index is 0.366. The highest BCUT2D eigenvalue weighted by molar-refractivity contribution is 9.11. The van der Waals surface area contributed by atoms with E-state index in [1.807, 2.05) is 6.08 Å². The zero-order chi connectivity index (χ0) is 16.3. The van der Waals surface area contributed by atoms with Crippen molar-refractivity contribution in [2.45, 2.75) is 65.7 Å². The molecule has 2 fully saturated rings. The molecule has 0 aromatic carbocycles. The SMILES string of the molecule is C/C(=C/CC[C@@H](C)[C@H]1CCC2/C(=C/Br)CCC[C@@]21C)C(=O)[O-]. The highest BCUT2D eigenvalue weighted by Gasteiger charge is 2.50. The molecule has 0 N–H and O–H groups in total. The normalized spacial score (nSPS) is 35.5. The lowest BCUT2D eigenvalue weighted by atomic mass is 9.61. The number of halogens is 1. The van der Waals surface area contributed by atoms with Crippen LogP contribution in [0.1, 0.15) is 65.7 Å². The van der Waals surface area contributed by atoms with Gasteiger partial charge in [0.25, 0.3) is 0 Å². The molecule has 0 radical (unpaired) electrons. The third kappa shape index (κ3) is 3.50. The highest BCUT2D eigenvalue weighted by Crippen LogP contribution is 2.59. The molecule has 0 heterocycles. The van der Waals surface area contributed by atoms with Gasteiger partial charge in [0.05, 0.1) is 5.97 Å². The fourth-order valence-electron chi connectivity index (χ4n) is 4.99. The predicted molar refractivity (Wildman–Crippen MR) is 92.3 cm³/mol. The Labute approximate surface area is 143 Å².